The summed E-state index contributed by atoms with van der Waals surface area (Å²) in [6.07, 6.45) is 3.09. The minimum Gasteiger partial charge on any atom is -0.336 e. The zero-order valence-corrected chi connectivity index (χ0v) is 10.8. The molecule has 2 fully saturated rings. The Bertz CT molecular complexity index is 357. The number of amides is 4. The molecule has 100 valence electrons. The van der Waals surface area contributed by atoms with Gasteiger partial charge in [-0.15, -0.1) is 0 Å². The maximum atomic E-state index is 12.2. The highest BCUT2D eigenvalue weighted by Gasteiger charge is 2.35. The van der Waals surface area contributed by atoms with E-state index >= 15 is 0 Å². The van der Waals surface area contributed by atoms with Crippen molar-refractivity contribution >= 4 is 17.8 Å². The molecule has 2 saturated heterocycles. The van der Waals surface area contributed by atoms with Crippen LogP contribution >= 0.6 is 0 Å². The monoisotopic (exact) mass is 253 g/mol. The third-order valence-corrected chi connectivity index (χ3v) is 3.71. The number of piperidine rings is 1. The van der Waals surface area contributed by atoms with Gasteiger partial charge in [-0.1, -0.05) is 0 Å². The van der Waals surface area contributed by atoms with E-state index in [1.54, 1.807) is 0 Å². The van der Waals surface area contributed by atoms with E-state index in [4.69, 9.17) is 0 Å². The molecule has 2 rings (SSSR count). The summed E-state index contributed by atoms with van der Waals surface area (Å²) in [5.41, 5.74) is 0. The second kappa shape index (κ2) is 4.96. The molecule has 2 unspecified atom stereocenters. The molecule has 18 heavy (non-hydrogen) atoms. The highest BCUT2D eigenvalue weighted by molar-refractivity contribution is 6.04. The van der Waals surface area contributed by atoms with Gasteiger partial charge in [0, 0.05) is 12.1 Å². The second-order valence-electron chi connectivity index (χ2n) is 5.07. The molecule has 2 aliphatic heterocycles. The van der Waals surface area contributed by atoms with Crippen LogP contribution in [0, 0.1) is 0 Å². The van der Waals surface area contributed by atoms with Crippen LogP contribution in [0.4, 0.5) is 4.79 Å². The van der Waals surface area contributed by atoms with E-state index in [1.807, 2.05) is 18.7 Å². The molecule has 6 heteroatoms. The van der Waals surface area contributed by atoms with Gasteiger partial charge in [-0.05, 0) is 33.1 Å². The van der Waals surface area contributed by atoms with Crippen molar-refractivity contribution in [3.8, 4) is 0 Å². The van der Waals surface area contributed by atoms with Gasteiger partial charge in [0.2, 0.25) is 5.91 Å². The first-order chi connectivity index (χ1) is 8.50. The summed E-state index contributed by atoms with van der Waals surface area (Å²) in [7, 11) is 0. The number of carbonyl (C=O) groups excluding carboxylic acids is 3. The molecule has 0 aliphatic carbocycles. The summed E-state index contributed by atoms with van der Waals surface area (Å²) in [5, 5.41) is 2.42. The summed E-state index contributed by atoms with van der Waals surface area (Å²) in [6, 6.07) is -0.102. The smallest absolute Gasteiger partial charge is 0.325 e. The molecular formula is C12H19N3O3. The van der Waals surface area contributed by atoms with E-state index in [-0.39, 0.29) is 37.0 Å². The van der Waals surface area contributed by atoms with Crippen molar-refractivity contribution in [1.29, 1.82) is 0 Å². The molecule has 1 N–H and O–H groups in total. The lowest BCUT2D eigenvalue weighted by molar-refractivity contribution is -0.141. The van der Waals surface area contributed by atoms with E-state index in [0.717, 1.165) is 24.2 Å². The topological polar surface area (TPSA) is 69.7 Å². The first-order valence-corrected chi connectivity index (χ1v) is 6.40. The summed E-state index contributed by atoms with van der Waals surface area (Å²) in [4.78, 5) is 37.8. The minimum atomic E-state index is -0.467. The fourth-order valence-corrected chi connectivity index (χ4v) is 2.75. The number of nitrogens with one attached hydrogen (secondary N) is 1. The highest BCUT2D eigenvalue weighted by atomic mass is 16.2. The standard InChI is InChI=1S/C12H19N3O3/c1-8-4-3-5-9(2)15(8)11(17)7-14-10(16)6-13-12(14)18/h8-9H,3-7H2,1-2H3,(H,13,18). The Morgan fingerprint density at radius 2 is 1.89 bits per heavy atom. The normalized spacial score (nSPS) is 28.6. The molecule has 0 spiro atoms. The van der Waals surface area contributed by atoms with Gasteiger partial charge in [-0.3, -0.25) is 14.5 Å². The van der Waals surface area contributed by atoms with Gasteiger partial charge in [0.05, 0.1) is 6.54 Å². The molecule has 4 amide bonds. The Balaban J connectivity index is 2.02. The largest absolute Gasteiger partial charge is 0.336 e. The van der Waals surface area contributed by atoms with Crippen molar-refractivity contribution < 1.29 is 14.4 Å². The number of rotatable bonds is 2. The Labute approximate surface area is 106 Å². The zero-order valence-electron chi connectivity index (χ0n) is 10.8. The maximum absolute atomic E-state index is 12.2. The number of hydrogen-bond donors (Lipinski definition) is 1. The zero-order chi connectivity index (χ0) is 13.3. The number of carbonyl (C=O) groups is 3. The molecule has 6 nitrogen and oxygen atoms in total. The van der Waals surface area contributed by atoms with Crippen LogP contribution < -0.4 is 5.32 Å². The summed E-state index contributed by atoms with van der Waals surface area (Å²) >= 11 is 0. The van der Waals surface area contributed by atoms with Crippen LogP contribution in [0.15, 0.2) is 0 Å². The van der Waals surface area contributed by atoms with E-state index in [1.165, 1.54) is 0 Å². The molecule has 2 atom stereocenters. The molecule has 0 bridgehead atoms. The Kier molecular flexibility index (Phi) is 3.54. The maximum Gasteiger partial charge on any atom is 0.325 e. The van der Waals surface area contributed by atoms with Crippen LogP contribution in [0.2, 0.25) is 0 Å². The van der Waals surface area contributed by atoms with Crippen LogP contribution in [-0.2, 0) is 9.59 Å². The van der Waals surface area contributed by atoms with Crippen molar-refractivity contribution in [2.75, 3.05) is 13.1 Å². The van der Waals surface area contributed by atoms with Gasteiger partial charge >= 0.3 is 6.03 Å². The SMILES string of the molecule is CC1CCCC(C)N1C(=O)CN1C(=O)CNC1=O. The van der Waals surface area contributed by atoms with Crippen LogP contribution in [-0.4, -0.2) is 52.8 Å². The molecule has 0 aromatic heterocycles. The molecule has 0 aromatic carbocycles. The Morgan fingerprint density at radius 1 is 1.28 bits per heavy atom. The van der Waals surface area contributed by atoms with Crippen molar-refractivity contribution in [2.24, 2.45) is 0 Å². The van der Waals surface area contributed by atoms with E-state index in [9.17, 15) is 14.4 Å². The minimum absolute atomic E-state index is 0.00276. The first-order valence-electron chi connectivity index (χ1n) is 6.40. The quantitative estimate of drug-likeness (QED) is 0.721. The van der Waals surface area contributed by atoms with Crippen LogP contribution in [0.5, 0.6) is 0 Å². The summed E-state index contributed by atoms with van der Waals surface area (Å²) < 4.78 is 0. The predicted molar refractivity (Wildman–Crippen MR) is 64.7 cm³/mol. The molecule has 2 aliphatic rings. The lowest BCUT2D eigenvalue weighted by Crippen LogP contribution is -2.51. The molecule has 2 heterocycles. The molecular weight excluding hydrogens is 234 g/mol. The van der Waals surface area contributed by atoms with Crippen LogP contribution in [0.3, 0.4) is 0 Å². The van der Waals surface area contributed by atoms with E-state index < -0.39 is 6.03 Å². The Hall–Kier alpha value is -1.59. The molecule has 0 saturated carbocycles. The van der Waals surface area contributed by atoms with E-state index in [2.05, 4.69) is 5.32 Å². The van der Waals surface area contributed by atoms with Gasteiger partial charge < -0.3 is 10.2 Å². The van der Waals surface area contributed by atoms with Gasteiger partial charge in [0.25, 0.3) is 5.91 Å². The summed E-state index contributed by atoms with van der Waals surface area (Å²) in [6.45, 7) is 3.88. The van der Waals surface area contributed by atoms with Gasteiger partial charge in [0.15, 0.2) is 0 Å². The molecule has 0 radical (unpaired) electrons. The number of imide groups is 1. The van der Waals surface area contributed by atoms with Gasteiger partial charge in [0.1, 0.15) is 6.54 Å². The van der Waals surface area contributed by atoms with Crippen molar-refractivity contribution in [1.82, 2.24) is 15.1 Å². The van der Waals surface area contributed by atoms with Crippen molar-refractivity contribution in [3.63, 3.8) is 0 Å². The van der Waals surface area contributed by atoms with E-state index in [0.29, 0.717) is 0 Å². The average molecular weight is 253 g/mol. The molecule has 0 aromatic rings. The number of nitrogens with zero attached hydrogens (tertiary/aromatic N) is 2. The lowest BCUT2D eigenvalue weighted by atomic mass is 9.97. The fourth-order valence-electron chi connectivity index (χ4n) is 2.75. The summed E-state index contributed by atoms with van der Waals surface area (Å²) in [5.74, 6) is -0.467. The third kappa shape index (κ3) is 2.32. The van der Waals surface area contributed by atoms with Gasteiger partial charge in [-0.25, -0.2) is 4.79 Å². The second-order valence-corrected chi connectivity index (χ2v) is 5.07. The van der Waals surface area contributed by atoms with Crippen molar-refractivity contribution in [3.05, 3.63) is 0 Å². The third-order valence-electron chi connectivity index (χ3n) is 3.71. The average Bonchev–Trinajstić information content (AvgIpc) is 2.60. The van der Waals surface area contributed by atoms with Crippen LogP contribution in [0.1, 0.15) is 33.1 Å². The highest BCUT2D eigenvalue weighted by Crippen LogP contribution is 2.22. The fraction of sp³-hybridized carbons (Fsp3) is 0.750. The predicted octanol–water partition coefficient (Wildman–Crippen LogP) is 0.328. The Morgan fingerprint density at radius 3 is 2.39 bits per heavy atom. The first kappa shape index (κ1) is 12.9. The number of likely N-dealkylation sites (tertiary alicyclic amines) is 1. The van der Waals surface area contributed by atoms with Gasteiger partial charge in [-0.2, -0.15) is 0 Å². The van der Waals surface area contributed by atoms with Crippen LogP contribution in [0.25, 0.3) is 0 Å². The number of urea groups is 1. The van der Waals surface area contributed by atoms with Crippen molar-refractivity contribution in [2.45, 2.75) is 45.2 Å². The number of hydrogen-bond acceptors (Lipinski definition) is 3. The lowest BCUT2D eigenvalue weighted by Gasteiger charge is -2.39.